The lowest BCUT2D eigenvalue weighted by Gasteiger charge is -2.29. The summed E-state index contributed by atoms with van der Waals surface area (Å²) >= 11 is 0. The van der Waals surface area contributed by atoms with Crippen molar-refractivity contribution in [1.29, 1.82) is 0 Å². The summed E-state index contributed by atoms with van der Waals surface area (Å²) in [5, 5.41) is 13.9. The summed E-state index contributed by atoms with van der Waals surface area (Å²) in [5.74, 6) is 0.0981. The molecule has 2 heteroatoms. The number of anilines is 1. The van der Waals surface area contributed by atoms with Crippen LogP contribution in [-0.4, -0.2) is 6.04 Å². The quantitative estimate of drug-likeness (QED) is 0.173. The summed E-state index contributed by atoms with van der Waals surface area (Å²) in [7, 11) is 0. The first kappa shape index (κ1) is 32.3. The van der Waals surface area contributed by atoms with Crippen molar-refractivity contribution in [3.05, 3.63) is 217 Å². The number of hydrogen-bond acceptors (Lipinski definition) is 2. The number of para-hydroxylation sites is 2. The van der Waals surface area contributed by atoms with Crippen LogP contribution in [-0.2, 0) is 0 Å². The highest BCUT2D eigenvalue weighted by atomic mass is 16.3. The molecule has 11 rings (SSSR count). The van der Waals surface area contributed by atoms with Gasteiger partial charge in [-0.2, -0.15) is 0 Å². The van der Waals surface area contributed by atoms with E-state index in [4.69, 9.17) is 4.42 Å². The van der Waals surface area contributed by atoms with Gasteiger partial charge in [0.05, 0.1) is 6.04 Å². The predicted octanol–water partition coefficient (Wildman–Crippen LogP) is 14.6. The highest BCUT2D eigenvalue weighted by molar-refractivity contribution is 6.17. The van der Waals surface area contributed by atoms with Gasteiger partial charge in [0.15, 0.2) is 0 Å². The molecule has 2 atom stereocenters. The average Bonchev–Trinajstić information content (AvgIpc) is 3.66. The van der Waals surface area contributed by atoms with Gasteiger partial charge < -0.3 is 9.73 Å². The van der Waals surface area contributed by atoms with Crippen LogP contribution < -0.4 is 5.32 Å². The van der Waals surface area contributed by atoms with Crippen molar-refractivity contribution >= 4 is 65.5 Å². The predicted molar refractivity (Wildman–Crippen MR) is 237 cm³/mol. The number of hydrogen-bond donors (Lipinski definition) is 1. The highest BCUT2D eigenvalue weighted by Crippen LogP contribution is 2.39. The molecule has 1 N–H and O–H groups in total. The Hall–Kier alpha value is -7.16. The van der Waals surface area contributed by atoms with E-state index in [1.807, 2.05) is 12.1 Å². The first-order valence-corrected chi connectivity index (χ1v) is 19.4. The fourth-order valence-corrected chi connectivity index (χ4v) is 8.79. The van der Waals surface area contributed by atoms with E-state index in [0.717, 1.165) is 38.8 Å². The molecule has 0 fully saturated rings. The number of benzene rings is 9. The van der Waals surface area contributed by atoms with Gasteiger partial charge in [0.25, 0.3) is 0 Å². The van der Waals surface area contributed by atoms with Crippen molar-refractivity contribution in [1.82, 2.24) is 0 Å². The summed E-state index contributed by atoms with van der Waals surface area (Å²) in [4.78, 5) is 0. The van der Waals surface area contributed by atoms with Gasteiger partial charge in [-0.05, 0) is 90.0 Å². The summed E-state index contributed by atoms with van der Waals surface area (Å²) in [6, 6.07) is 67.9. The first-order chi connectivity index (χ1) is 27.7. The zero-order valence-corrected chi connectivity index (χ0v) is 30.7. The topological polar surface area (TPSA) is 25.2 Å². The van der Waals surface area contributed by atoms with Gasteiger partial charge in [-0.15, -0.1) is 0 Å². The van der Waals surface area contributed by atoms with Crippen molar-refractivity contribution in [2.45, 2.75) is 12.0 Å². The minimum Gasteiger partial charge on any atom is -0.455 e. The molecular weight excluding hydrogens is 679 g/mol. The summed E-state index contributed by atoms with van der Waals surface area (Å²) in [5.41, 5.74) is 11.3. The fraction of sp³-hybridized carbons (Fsp3) is 0.0370. The Morgan fingerprint density at radius 1 is 0.429 bits per heavy atom. The van der Waals surface area contributed by atoms with Crippen LogP contribution >= 0.6 is 0 Å². The molecule has 1 aliphatic carbocycles. The van der Waals surface area contributed by atoms with Crippen molar-refractivity contribution in [2.24, 2.45) is 0 Å². The molecule has 0 radical (unpaired) electrons. The Bertz CT molecular complexity index is 3170. The molecule has 0 spiro atoms. The van der Waals surface area contributed by atoms with Gasteiger partial charge in [-0.3, -0.25) is 0 Å². The zero-order valence-electron chi connectivity index (χ0n) is 30.7. The maximum absolute atomic E-state index is 6.42. The second-order valence-electron chi connectivity index (χ2n) is 14.9. The van der Waals surface area contributed by atoms with Crippen molar-refractivity contribution in [2.75, 3.05) is 5.32 Å². The van der Waals surface area contributed by atoms with Crippen LogP contribution in [0.5, 0.6) is 0 Å². The monoisotopic (exact) mass is 715 g/mol. The van der Waals surface area contributed by atoms with Crippen molar-refractivity contribution < 1.29 is 4.42 Å². The molecule has 2 unspecified atom stereocenters. The number of nitrogens with one attached hydrogen (secondary N) is 1. The average molecular weight is 716 g/mol. The number of furan rings is 1. The summed E-state index contributed by atoms with van der Waals surface area (Å²) < 4.78 is 6.42. The van der Waals surface area contributed by atoms with Gasteiger partial charge in [0.2, 0.25) is 0 Å². The minimum absolute atomic E-state index is 0.0382. The lowest BCUT2D eigenvalue weighted by Crippen LogP contribution is -2.26. The third-order valence-electron chi connectivity index (χ3n) is 11.6. The standard InChI is InChI=1S/C54H37NO/c1-2-10-35(11-3-1)36-20-22-38(23-21-36)51-34-40(39-25-28-45-42(32-39)26-30-47-44-15-5-4-12-37(44)24-29-48(45)47)27-31-52(51)55-43-14-8-13-41(33-43)46-17-9-18-50-49-16-6-7-19-53(49)56-54(46)50/h1-34,51-52,55H. The molecule has 56 heavy (non-hydrogen) atoms. The molecule has 0 saturated heterocycles. The number of fused-ring (bicyclic) bond motifs is 8. The smallest absolute Gasteiger partial charge is 0.143 e. The SMILES string of the molecule is C1=CC(Nc2cccc(-c3cccc4c3oc3ccccc34)c2)C(c2ccc(-c3ccccc3)cc2)C=C1c1ccc2c(ccc3c4ccccc4ccc23)c1. The Morgan fingerprint density at radius 3 is 1.96 bits per heavy atom. The second kappa shape index (κ2) is 13.3. The molecular formula is C54H37NO. The van der Waals surface area contributed by atoms with Crippen LogP contribution in [0.4, 0.5) is 5.69 Å². The lowest BCUT2D eigenvalue weighted by atomic mass is 9.83. The van der Waals surface area contributed by atoms with Crippen LogP contribution in [0.15, 0.2) is 211 Å². The lowest BCUT2D eigenvalue weighted by molar-refractivity contribution is 0.670. The van der Waals surface area contributed by atoms with Gasteiger partial charge in [0, 0.05) is 27.9 Å². The van der Waals surface area contributed by atoms with Gasteiger partial charge in [-0.25, -0.2) is 0 Å². The Kier molecular flexibility index (Phi) is 7.67. The molecule has 10 aromatic rings. The van der Waals surface area contributed by atoms with E-state index in [1.165, 1.54) is 60.1 Å². The molecule has 1 aliphatic rings. The van der Waals surface area contributed by atoms with Gasteiger partial charge in [0.1, 0.15) is 11.2 Å². The molecule has 9 aromatic carbocycles. The molecule has 0 aliphatic heterocycles. The molecule has 0 bridgehead atoms. The van der Waals surface area contributed by atoms with E-state index in [1.54, 1.807) is 0 Å². The van der Waals surface area contributed by atoms with Crippen molar-refractivity contribution in [3.63, 3.8) is 0 Å². The normalized spacial score (nSPS) is 15.5. The third kappa shape index (κ3) is 5.58. The first-order valence-electron chi connectivity index (χ1n) is 19.4. The van der Waals surface area contributed by atoms with E-state index < -0.39 is 0 Å². The van der Waals surface area contributed by atoms with Gasteiger partial charge >= 0.3 is 0 Å². The Balaban J connectivity index is 0.962. The maximum Gasteiger partial charge on any atom is 0.143 e. The molecule has 264 valence electrons. The van der Waals surface area contributed by atoms with E-state index >= 15 is 0 Å². The highest BCUT2D eigenvalue weighted by Gasteiger charge is 2.24. The van der Waals surface area contributed by atoms with Crippen LogP contribution in [0, 0.1) is 0 Å². The van der Waals surface area contributed by atoms with Gasteiger partial charge in [-0.1, -0.05) is 182 Å². The summed E-state index contributed by atoms with van der Waals surface area (Å²) in [6.07, 6.45) is 7.08. The van der Waals surface area contributed by atoms with E-state index in [0.29, 0.717) is 0 Å². The minimum atomic E-state index is 0.0382. The molecule has 1 heterocycles. The Morgan fingerprint density at radius 2 is 1.09 bits per heavy atom. The second-order valence-corrected chi connectivity index (χ2v) is 14.9. The molecule has 0 amide bonds. The summed E-state index contributed by atoms with van der Waals surface area (Å²) in [6.45, 7) is 0. The van der Waals surface area contributed by atoms with Crippen molar-refractivity contribution in [3.8, 4) is 22.3 Å². The van der Waals surface area contributed by atoms with E-state index in [9.17, 15) is 0 Å². The maximum atomic E-state index is 6.42. The fourth-order valence-electron chi connectivity index (χ4n) is 8.79. The van der Waals surface area contributed by atoms with Crippen LogP contribution in [0.3, 0.4) is 0 Å². The molecule has 2 nitrogen and oxygen atoms in total. The third-order valence-corrected chi connectivity index (χ3v) is 11.6. The van der Waals surface area contributed by atoms with Crippen LogP contribution in [0.1, 0.15) is 17.0 Å². The largest absolute Gasteiger partial charge is 0.455 e. The van der Waals surface area contributed by atoms with Crippen LogP contribution in [0.25, 0.3) is 82.1 Å². The number of allylic oxidation sites excluding steroid dienone is 2. The molecule has 1 aromatic heterocycles. The molecule has 0 saturated carbocycles. The Labute approximate surface area is 325 Å². The van der Waals surface area contributed by atoms with E-state index in [-0.39, 0.29) is 12.0 Å². The van der Waals surface area contributed by atoms with Crippen LogP contribution in [0.2, 0.25) is 0 Å². The number of rotatable bonds is 6. The zero-order chi connectivity index (χ0) is 37.0. The van der Waals surface area contributed by atoms with E-state index in [2.05, 4.69) is 199 Å².